The smallest absolute Gasteiger partial charge is 0.368 e. The number of primary amides is 1. The van der Waals surface area contributed by atoms with E-state index < -0.39 is 29.2 Å². The quantitative estimate of drug-likeness (QED) is 0.456. The highest BCUT2D eigenvalue weighted by Crippen LogP contribution is 2.38. The van der Waals surface area contributed by atoms with Crippen molar-refractivity contribution in [3.63, 3.8) is 0 Å². The molecular formula is C22H24F3N5O3. The molecule has 0 aromatic heterocycles. The number of benzene rings is 1. The van der Waals surface area contributed by atoms with Crippen LogP contribution in [0.2, 0.25) is 0 Å². The number of amidine groups is 1. The van der Waals surface area contributed by atoms with Gasteiger partial charge in [-0.05, 0) is 43.7 Å². The molecule has 1 aliphatic heterocycles. The second kappa shape index (κ2) is 8.84. The van der Waals surface area contributed by atoms with Crippen molar-refractivity contribution in [1.82, 2.24) is 10.2 Å². The van der Waals surface area contributed by atoms with E-state index in [0.29, 0.717) is 24.9 Å². The summed E-state index contributed by atoms with van der Waals surface area (Å²) >= 11 is 0. The third-order valence-electron chi connectivity index (χ3n) is 6.41. The van der Waals surface area contributed by atoms with Crippen molar-refractivity contribution in [1.29, 1.82) is 10.7 Å². The normalized spacial score (nSPS) is 22.2. The van der Waals surface area contributed by atoms with Crippen molar-refractivity contribution in [2.24, 2.45) is 17.1 Å². The Morgan fingerprint density at radius 2 is 2.03 bits per heavy atom. The van der Waals surface area contributed by atoms with Crippen LogP contribution in [0.1, 0.15) is 60.5 Å². The van der Waals surface area contributed by atoms with Crippen LogP contribution in [0.3, 0.4) is 0 Å². The van der Waals surface area contributed by atoms with Crippen molar-refractivity contribution in [3.8, 4) is 6.07 Å². The number of halogens is 3. The molecule has 3 rings (SSSR count). The first-order valence-electron chi connectivity index (χ1n) is 10.5. The minimum absolute atomic E-state index is 0.00526. The predicted octanol–water partition coefficient (Wildman–Crippen LogP) is 2.61. The molecule has 8 nitrogen and oxygen atoms in total. The van der Waals surface area contributed by atoms with Gasteiger partial charge in [0, 0.05) is 23.7 Å². The molecule has 2 unspecified atom stereocenters. The van der Waals surface area contributed by atoms with E-state index in [1.807, 2.05) is 6.07 Å². The molecule has 2 aliphatic rings. The minimum atomic E-state index is -5.12. The summed E-state index contributed by atoms with van der Waals surface area (Å²) in [4.78, 5) is 37.6. The van der Waals surface area contributed by atoms with E-state index >= 15 is 0 Å². The van der Waals surface area contributed by atoms with Crippen molar-refractivity contribution in [2.75, 3.05) is 0 Å². The number of carbonyl (C=O) groups is 3. The predicted molar refractivity (Wildman–Crippen MR) is 111 cm³/mol. The standard InChI is InChI=1S/C22H24F3N5O3/c1-21(11-26,19(28)32)9-12-3-2-4-15(7-12)30-10-14-6-5-13(8-16(14)18(30)31)17(27)29-20(33)22(23,24)25/h5-6,8,12,15H,2-4,7,9-10H2,1H3,(H2,28,32)(H2,27,29,33)/t12?,15-,21?/m1/s1. The number of fused-ring (bicyclic) bond motifs is 1. The number of hydrogen-bond acceptors (Lipinski definition) is 5. The summed E-state index contributed by atoms with van der Waals surface area (Å²) in [6.07, 6.45) is -1.83. The highest BCUT2D eigenvalue weighted by molar-refractivity contribution is 6.09. The third-order valence-corrected chi connectivity index (χ3v) is 6.41. The van der Waals surface area contributed by atoms with Crippen molar-refractivity contribution in [3.05, 3.63) is 34.9 Å². The number of amides is 3. The van der Waals surface area contributed by atoms with Gasteiger partial charge in [-0.2, -0.15) is 18.4 Å². The Hall–Kier alpha value is -3.42. The van der Waals surface area contributed by atoms with Crippen LogP contribution < -0.4 is 11.1 Å². The second-order valence-corrected chi connectivity index (χ2v) is 8.83. The second-order valence-electron chi connectivity index (χ2n) is 8.83. The number of nitrogens with zero attached hydrogens (tertiary/aromatic N) is 2. The summed E-state index contributed by atoms with van der Waals surface area (Å²) < 4.78 is 37.4. The Bertz CT molecular complexity index is 1050. The fourth-order valence-electron chi connectivity index (χ4n) is 4.54. The van der Waals surface area contributed by atoms with Crippen molar-refractivity contribution >= 4 is 23.6 Å². The van der Waals surface area contributed by atoms with Gasteiger partial charge in [0.15, 0.2) is 0 Å². The van der Waals surface area contributed by atoms with Crippen LogP contribution in [-0.2, 0) is 16.1 Å². The number of carbonyl (C=O) groups excluding carboxylic acids is 3. The highest BCUT2D eigenvalue weighted by atomic mass is 19.4. The van der Waals surface area contributed by atoms with Gasteiger partial charge in [0.25, 0.3) is 5.91 Å². The lowest BCUT2D eigenvalue weighted by Crippen LogP contribution is -2.41. The summed E-state index contributed by atoms with van der Waals surface area (Å²) in [6, 6.07) is 6.15. The number of nitrogens with two attached hydrogens (primary N) is 1. The van der Waals surface area contributed by atoms with E-state index in [1.54, 1.807) is 11.0 Å². The number of rotatable bonds is 5. The van der Waals surface area contributed by atoms with Gasteiger partial charge in [-0.25, -0.2) is 0 Å². The maximum absolute atomic E-state index is 13.1. The Morgan fingerprint density at radius 3 is 2.64 bits per heavy atom. The van der Waals surface area contributed by atoms with Gasteiger partial charge in [0.05, 0.1) is 6.07 Å². The molecule has 33 heavy (non-hydrogen) atoms. The van der Waals surface area contributed by atoms with Crippen molar-refractivity contribution < 1.29 is 27.6 Å². The molecule has 1 aromatic carbocycles. The van der Waals surface area contributed by atoms with E-state index in [2.05, 4.69) is 0 Å². The molecule has 0 spiro atoms. The van der Waals surface area contributed by atoms with E-state index in [9.17, 15) is 32.8 Å². The zero-order chi connectivity index (χ0) is 24.6. The lowest BCUT2D eigenvalue weighted by molar-refractivity contribution is -0.171. The van der Waals surface area contributed by atoms with E-state index in [1.165, 1.54) is 24.4 Å². The lowest BCUT2D eigenvalue weighted by atomic mass is 9.74. The molecule has 1 aromatic rings. The first-order chi connectivity index (χ1) is 15.4. The number of nitrogens with one attached hydrogen (secondary N) is 2. The molecule has 1 heterocycles. The van der Waals surface area contributed by atoms with Gasteiger partial charge in [-0.1, -0.05) is 25.0 Å². The Balaban J connectivity index is 1.71. The maximum atomic E-state index is 13.1. The Kier molecular flexibility index (Phi) is 6.49. The molecule has 1 aliphatic carbocycles. The molecule has 3 atom stereocenters. The number of nitriles is 1. The highest BCUT2D eigenvalue weighted by Gasteiger charge is 2.41. The maximum Gasteiger partial charge on any atom is 0.471 e. The molecule has 0 radical (unpaired) electrons. The first-order valence-corrected chi connectivity index (χ1v) is 10.5. The molecule has 11 heteroatoms. The van der Waals surface area contributed by atoms with Crippen LogP contribution >= 0.6 is 0 Å². The molecule has 1 saturated carbocycles. The summed E-state index contributed by atoms with van der Waals surface area (Å²) in [5.74, 6) is -3.94. The lowest BCUT2D eigenvalue weighted by Gasteiger charge is -2.37. The average molecular weight is 463 g/mol. The van der Waals surface area contributed by atoms with E-state index in [-0.39, 0.29) is 29.0 Å². The fraction of sp³-hybridized carbons (Fsp3) is 0.500. The monoisotopic (exact) mass is 463 g/mol. The van der Waals surface area contributed by atoms with Gasteiger partial charge in [0.1, 0.15) is 11.3 Å². The minimum Gasteiger partial charge on any atom is -0.368 e. The van der Waals surface area contributed by atoms with Crippen LogP contribution in [0.5, 0.6) is 0 Å². The summed E-state index contributed by atoms with van der Waals surface area (Å²) in [5, 5.41) is 18.6. The molecule has 4 N–H and O–H groups in total. The number of hydrogen-bond donors (Lipinski definition) is 3. The van der Waals surface area contributed by atoms with Gasteiger partial charge in [0.2, 0.25) is 5.91 Å². The average Bonchev–Trinajstić information content (AvgIpc) is 3.09. The number of alkyl halides is 3. The van der Waals surface area contributed by atoms with E-state index in [4.69, 9.17) is 11.1 Å². The van der Waals surface area contributed by atoms with Gasteiger partial charge in [-0.15, -0.1) is 0 Å². The topological polar surface area (TPSA) is 140 Å². The molecule has 0 bridgehead atoms. The van der Waals surface area contributed by atoms with Crippen LogP contribution in [0.25, 0.3) is 0 Å². The SMILES string of the molecule is CC(C#N)(CC1CCC[C@@H](N2Cc3ccc(C(=N)NC(=O)C(F)(F)F)cc3C2=O)C1)C(N)=O. The molecule has 0 saturated heterocycles. The van der Waals surface area contributed by atoms with Gasteiger partial charge in [-0.3, -0.25) is 19.8 Å². The van der Waals surface area contributed by atoms with Gasteiger partial charge < -0.3 is 16.0 Å². The third kappa shape index (κ3) is 4.99. The Morgan fingerprint density at radius 1 is 1.33 bits per heavy atom. The molecule has 1 fully saturated rings. The Labute approximate surface area is 188 Å². The molecule has 3 amide bonds. The van der Waals surface area contributed by atoms with Crippen LogP contribution in [-0.4, -0.2) is 40.7 Å². The van der Waals surface area contributed by atoms with E-state index in [0.717, 1.165) is 19.3 Å². The summed E-state index contributed by atoms with van der Waals surface area (Å²) in [5.41, 5.74) is 5.07. The summed E-state index contributed by atoms with van der Waals surface area (Å²) in [7, 11) is 0. The summed E-state index contributed by atoms with van der Waals surface area (Å²) in [6.45, 7) is 1.84. The molecular weight excluding hydrogens is 439 g/mol. The largest absolute Gasteiger partial charge is 0.471 e. The fourth-order valence-corrected chi connectivity index (χ4v) is 4.54. The van der Waals surface area contributed by atoms with Crippen LogP contribution in [0, 0.1) is 28.1 Å². The van der Waals surface area contributed by atoms with Crippen molar-refractivity contribution in [2.45, 2.75) is 57.8 Å². The van der Waals surface area contributed by atoms with Crippen LogP contribution in [0.15, 0.2) is 18.2 Å². The first kappa shape index (κ1) is 24.2. The zero-order valence-corrected chi connectivity index (χ0v) is 18.0. The van der Waals surface area contributed by atoms with Crippen LogP contribution in [0.4, 0.5) is 13.2 Å². The zero-order valence-electron chi connectivity index (χ0n) is 18.0. The molecule has 176 valence electrons. The van der Waals surface area contributed by atoms with Gasteiger partial charge >= 0.3 is 12.1 Å².